The van der Waals surface area contributed by atoms with E-state index in [0.717, 1.165) is 17.2 Å². The fourth-order valence-electron chi connectivity index (χ4n) is 5.07. The fraction of sp³-hybridized carbons (Fsp3) is 0.258. The Bertz CT molecular complexity index is 1820. The lowest BCUT2D eigenvalue weighted by atomic mass is 9.90. The lowest BCUT2D eigenvalue weighted by Gasteiger charge is -2.28. The first-order valence-corrected chi connectivity index (χ1v) is 13.9. The number of carbonyl (C=O) groups excluding carboxylic acids is 1. The highest BCUT2D eigenvalue weighted by Crippen LogP contribution is 2.41. The van der Waals surface area contributed by atoms with Crippen LogP contribution in [0.3, 0.4) is 0 Å². The number of hydrogen-bond acceptors (Lipinski definition) is 8. The molecular formula is C31H30N2O6S. The number of phenols is 1. The number of hydrogen-bond donors (Lipinski definition) is 1. The van der Waals surface area contributed by atoms with Crippen molar-refractivity contribution in [1.29, 1.82) is 0 Å². The van der Waals surface area contributed by atoms with Gasteiger partial charge in [0, 0.05) is 5.56 Å². The number of aromatic hydroxyl groups is 1. The monoisotopic (exact) mass is 558 g/mol. The Morgan fingerprint density at radius 3 is 2.58 bits per heavy atom. The second-order valence-electron chi connectivity index (χ2n) is 9.25. The van der Waals surface area contributed by atoms with E-state index in [1.807, 2.05) is 43.3 Å². The molecule has 3 aromatic carbocycles. The van der Waals surface area contributed by atoms with Crippen LogP contribution < -0.4 is 24.4 Å². The average molecular weight is 559 g/mol. The maximum absolute atomic E-state index is 14.1. The molecular weight excluding hydrogens is 528 g/mol. The summed E-state index contributed by atoms with van der Waals surface area (Å²) in [5, 5.41) is 11.8. The second-order valence-corrected chi connectivity index (χ2v) is 10.3. The molecule has 0 radical (unpaired) electrons. The lowest BCUT2D eigenvalue weighted by Crippen LogP contribution is -2.40. The second kappa shape index (κ2) is 11.4. The molecule has 0 saturated carbocycles. The molecule has 0 spiro atoms. The number of nitrogens with zero attached hydrogens (tertiary/aromatic N) is 2. The third kappa shape index (κ3) is 4.77. The van der Waals surface area contributed by atoms with E-state index in [9.17, 15) is 14.7 Å². The summed E-state index contributed by atoms with van der Waals surface area (Å²) < 4.78 is 18.6. The van der Waals surface area contributed by atoms with E-state index in [4.69, 9.17) is 19.2 Å². The molecule has 4 aromatic rings. The summed E-state index contributed by atoms with van der Waals surface area (Å²) in [5.41, 5.74) is 2.01. The van der Waals surface area contributed by atoms with E-state index < -0.39 is 12.0 Å². The zero-order chi connectivity index (χ0) is 28.4. The molecule has 1 unspecified atom stereocenters. The van der Waals surface area contributed by atoms with Gasteiger partial charge in [-0.2, -0.15) is 0 Å². The normalized spacial score (nSPS) is 15.1. The first kappa shape index (κ1) is 27.2. The molecule has 206 valence electrons. The first-order valence-electron chi connectivity index (χ1n) is 13.1. The van der Waals surface area contributed by atoms with Gasteiger partial charge in [-0.05, 0) is 54.0 Å². The number of fused-ring (bicyclic) bond motifs is 2. The van der Waals surface area contributed by atoms with Crippen molar-refractivity contribution in [2.75, 3.05) is 20.8 Å². The van der Waals surface area contributed by atoms with Gasteiger partial charge in [0.2, 0.25) is 0 Å². The van der Waals surface area contributed by atoms with Gasteiger partial charge >= 0.3 is 5.97 Å². The molecule has 2 heterocycles. The number of rotatable bonds is 8. The van der Waals surface area contributed by atoms with E-state index in [0.29, 0.717) is 49.7 Å². The average Bonchev–Trinajstić information content (AvgIpc) is 3.27. The van der Waals surface area contributed by atoms with Gasteiger partial charge in [-0.25, -0.2) is 9.79 Å². The van der Waals surface area contributed by atoms with Crippen LogP contribution >= 0.6 is 11.3 Å². The van der Waals surface area contributed by atoms with Crippen LogP contribution in [-0.2, 0) is 9.53 Å². The molecule has 8 nitrogen and oxygen atoms in total. The van der Waals surface area contributed by atoms with Gasteiger partial charge in [0.15, 0.2) is 16.3 Å². The smallest absolute Gasteiger partial charge is 0.338 e. The fourth-order valence-corrected chi connectivity index (χ4v) is 6.08. The predicted octanol–water partition coefficient (Wildman–Crippen LogP) is 4.45. The molecule has 0 fully saturated rings. The van der Waals surface area contributed by atoms with Crippen LogP contribution in [0.5, 0.6) is 17.2 Å². The van der Waals surface area contributed by atoms with Gasteiger partial charge in [0.25, 0.3) is 5.56 Å². The highest BCUT2D eigenvalue weighted by atomic mass is 32.1. The summed E-state index contributed by atoms with van der Waals surface area (Å²) in [5.74, 6) is 0.357. The number of allylic oxidation sites excluding steroid dienone is 1. The van der Waals surface area contributed by atoms with Crippen molar-refractivity contribution >= 4 is 34.2 Å². The van der Waals surface area contributed by atoms with E-state index in [1.165, 1.54) is 24.5 Å². The Balaban J connectivity index is 1.86. The third-order valence-corrected chi connectivity index (χ3v) is 7.80. The number of methoxy groups -OCH3 is 2. The van der Waals surface area contributed by atoms with Gasteiger partial charge in [0.05, 0.1) is 36.6 Å². The molecule has 0 aliphatic carbocycles. The van der Waals surface area contributed by atoms with Crippen molar-refractivity contribution in [2.24, 2.45) is 4.99 Å². The molecule has 1 atom stereocenters. The van der Waals surface area contributed by atoms with Gasteiger partial charge in [0.1, 0.15) is 11.8 Å². The molecule has 5 rings (SSSR count). The summed E-state index contributed by atoms with van der Waals surface area (Å²) in [6.45, 7) is 3.97. The van der Waals surface area contributed by atoms with Crippen LogP contribution in [0.4, 0.5) is 0 Å². The summed E-state index contributed by atoms with van der Waals surface area (Å²) in [4.78, 5) is 33.0. The number of carbonyl (C=O) groups is 1. The van der Waals surface area contributed by atoms with Crippen LogP contribution in [0, 0.1) is 0 Å². The van der Waals surface area contributed by atoms with Gasteiger partial charge in [-0.1, -0.05) is 61.1 Å². The van der Waals surface area contributed by atoms with Crippen molar-refractivity contribution in [1.82, 2.24) is 4.57 Å². The predicted molar refractivity (Wildman–Crippen MR) is 155 cm³/mol. The summed E-state index contributed by atoms with van der Waals surface area (Å²) in [6, 6.07) is 15.7. The quantitative estimate of drug-likeness (QED) is 0.321. The minimum Gasteiger partial charge on any atom is -0.504 e. The van der Waals surface area contributed by atoms with Crippen molar-refractivity contribution in [2.45, 2.75) is 32.7 Å². The highest BCUT2D eigenvalue weighted by molar-refractivity contribution is 7.07. The molecule has 0 saturated heterocycles. The maximum Gasteiger partial charge on any atom is 0.338 e. The maximum atomic E-state index is 14.1. The number of phenolic OH excluding ortho intramolecular Hbond substituents is 1. The number of esters is 1. The van der Waals surface area contributed by atoms with Crippen LogP contribution in [0.1, 0.15) is 43.9 Å². The van der Waals surface area contributed by atoms with Crippen molar-refractivity contribution < 1.29 is 24.1 Å². The zero-order valence-electron chi connectivity index (χ0n) is 22.8. The minimum atomic E-state index is -0.811. The zero-order valence-corrected chi connectivity index (χ0v) is 23.6. The van der Waals surface area contributed by atoms with Gasteiger partial charge < -0.3 is 19.3 Å². The van der Waals surface area contributed by atoms with E-state index in [1.54, 1.807) is 36.8 Å². The first-order chi connectivity index (χ1) is 19.4. The van der Waals surface area contributed by atoms with Crippen molar-refractivity contribution in [3.63, 3.8) is 0 Å². The topological polar surface area (TPSA) is 99.4 Å². The summed E-state index contributed by atoms with van der Waals surface area (Å²) >= 11 is 1.25. The molecule has 1 N–H and O–H groups in total. The Morgan fingerprint density at radius 1 is 1.07 bits per heavy atom. The van der Waals surface area contributed by atoms with Crippen molar-refractivity contribution in [3.8, 4) is 17.2 Å². The minimum absolute atomic E-state index is 0.00689. The Morgan fingerprint density at radius 2 is 1.85 bits per heavy atom. The van der Waals surface area contributed by atoms with Crippen molar-refractivity contribution in [3.05, 3.63) is 96.7 Å². The van der Waals surface area contributed by atoms with E-state index >= 15 is 0 Å². The number of ether oxygens (including phenoxy) is 3. The van der Waals surface area contributed by atoms with Crippen LogP contribution in [0.15, 0.2) is 75.7 Å². The summed E-state index contributed by atoms with van der Waals surface area (Å²) in [7, 11) is 3.05. The van der Waals surface area contributed by atoms with Gasteiger partial charge in [-0.3, -0.25) is 9.36 Å². The Labute approximate surface area is 235 Å². The standard InChI is InChI=1S/C31H30N2O6S/c1-5-9-21-27(30(36)39-6-2)28(26-20-11-8-7-10-19(20)13-15-23(26)37-3)33-29(35)25(40-31(33)32-21)17-18-12-14-22(34)24(16-18)38-4/h7-8,10-17,28,34H,5-6,9H2,1-4H3/b25-17+. The molecule has 1 aromatic heterocycles. The number of benzene rings is 3. The SMILES string of the molecule is CCCC1=C(C(=O)OCC)C(c2c(OC)ccc3ccccc23)n2c(s/c(=C/c3ccc(O)c(OC)c3)c2=O)=N1. The molecule has 40 heavy (non-hydrogen) atoms. The largest absolute Gasteiger partial charge is 0.504 e. The molecule has 1 aliphatic heterocycles. The number of thiazole rings is 1. The van der Waals surface area contributed by atoms with E-state index in [2.05, 4.69) is 0 Å². The Hall–Kier alpha value is -4.37. The van der Waals surface area contributed by atoms with Crippen LogP contribution in [0.25, 0.3) is 16.8 Å². The molecule has 9 heteroatoms. The molecule has 1 aliphatic rings. The highest BCUT2D eigenvalue weighted by Gasteiger charge is 2.37. The summed E-state index contributed by atoms with van der Waals surface area (Å²) in [6.07, 6.45) is 3.03. The number of aromatic nitrogens is 1. The molecule has 0 bridgehead atoms. The Kier molecular flexibility index (Phi) is 7.75. The molecule has 0 amide bonds. The third-order valence-electron chi connectivity index (χ3n) is 6.82. The van der Waals surface area contributed by atoms with Crippen LogP contribution in [0.2, 0.25) is 0 Å². The van der Waals surface area contributed by atoms with Crippen LogP contribution in [-0.4, -0.2) is 36.5 Å². The van der Waals surface area contributed by atoms with E-state index in [-0.39, 0.29) is 17.9 Å². The lowest BCUT2D eigenvalue weighted by molar-refractivity contribution is -0.139. The van der Waals surface area contributed by atoms with Gasteiger partial charge in [-0.15, -0.1) is 0 Å².